The van der Waals surface area contributed by atoms with Crippen molar-refractivity contribution < 1.29 is 56.5 Å². The lowest BCUT2D eigenvalue weighted by Crippen LogP contribution is -2.64. The second kappa shape index (κ2) is 18.1. The molecule has 0 heterocycles. The van der Waals surface area contributed by atoms with Crippen LogP contribution in [0.15, 0.2) is 0 Å². The molecule has 0 saturated carbocycles. The van der Waals surface area contributed by atoms with Crippen molar-refractivity contribution in [3.63, 3.8) is 0 Å². The van der Waals surface area contributed by atoms with Crippen LogP contribution in [-0.4, -0.2) is 52.7 Å². The van der Waals surface area contributed by atoms with Crippen LogP contribution in [0.4, 0.5) is 0 Å². The standard InChI is InChI=1S/2C3H4O4.C2H8N2.H2O/c2*4-2(5)1-3(6)7;3-1-2-4;/h2*1H2,(H,4,5)(H,6,7);1-4H2;1H2. The summed E-state index contributed by atoms with van der Waals surface area (Å²) in [5.41, 5.74) is 7.08. The van der Waals surface area contributed by atoms with Gasteiger partial charge in [0.1, 0.15) is 13.1 Å². The Morgan fingerprint density at radius 3 is 1.00 bits per heavy atom. The van der Waals surface area contributed by atoms with E-state index in [-0.39, 0.29) is 5.48 Å². The highest BCUT2D eigenvalue weighted by Gasteiger charge is 1.93. The molecular weight excluding hydrogens is 268 g/mol. The zero-order chi connectivity index (χ0) is 15.1. The molecule has 0 amide bonds. The van der Waals surface area contributed by atoms with Gasteiger partial charge in [-0.3, -0.25) is 9.59 Å². The maximum atomic E-state index is 9.39. The van der Waals surface area contributed by atoms with E-state index in [0.29, 0.717) is 0 Å². The van der Waals surface area contributed by atoms with Gasteiger partial charge in [-0.25, -0.2) is 0 Å². The zero-order valence-corrected chi connectivity index (χ0v) is 10.1. The average molecular weight is 286 g/mol. The van der Waals surface area contributed by atoms with Gasteiger partial charge in [-0.15, -0.1) is 0 Å². The van der Waals surface area contributed by atoms with Crippen LogP contribution in [0.3, 0.4) is 0 Å². The summed E-state index contributed by atoms with van der Waals surface area (Å²) in [6.45, 7) is 1.92. The number of carboxylic acids is 4. The Morgan fingerprint density at radius 1 is 0.789 bits per heavy atom. The van der Waals surface area contributed by atoms with E-state index in [9.17, 15) is 29.4 Å². The fraction of sp³-hybridized carbons (Fsp3) is 0.500. The van der Waals surface area contributed by atoms with Crippen molar-refractivity contribution in [2.24, 2.45) is 0 Å². The summed E-state index contributed by atoms with van der Waals surface area (Å²) < 4.78 is 0. The second-order valence-electron chi connectivity index (χ2n) is 2.59. The molecule has 0 aromatic rings. The van der Waals surface area contributed by atoms with E-state index < -0.39 is 36.7 Å². The molecular formula is C8H18N2O9. The largest absolute Gasteiger partial charge is 0.550 e. The van der Waals surface area contributed by atoms with Gasteiger partial charge in [-0.1, -0.05) is 0 Å². The van der Waals surface area contributed by atoms with E-state index in [0.717, 1.165) is 13.1 Å². The predicted molar refractivity (Wildman–Crippen MR) is 53.6 cm³/mol. The molecule has 0 aromatic heterocycles. The van der Waals surface area contributed by atoms with Crippen LogP contribution >= 0.6 is 0 Å². The Labute approximate surface area is 107 Å². The first kappa shape index (κ1) is 25.6. The summed E-state index contributed by atoms with van der Waals surface area (Å²) in [5.74, 6) is -5.88. The highest BCUT2D eigenvalue weighted by Crippen LogP contribution is 1.71. The number of aliphatic carboxylic acids is 4. The Balaban J connectivity index is -0.0000000900. The van der Waals surface area contributed by atoms with Gasteiger partial charge >= 0.3 is 11.9 Å². The van der Waals surface area contributed by atoms with Crippen LogP contribution in [-0.2, 0) is 19.2 Å². The SMILES string of the molecule is O.O=C([O-])CC(=O)O.O=C([O-])CC(=O)O.[NH3+]CC[NH3+]. The number of hydrogen-bond acceptors (Lipinski definition) is 6. The van der Waals surface area contributed by atoms with Crippen molar-refractivity contribution in [3.8, 4) is 0 Å². The van der Waals surface area contributed by atoms with Gasteiger partial charge in [0.05, 0.1) is 24.8 Å². The van der Waals surface area contributed by atoms with Crippen molar-refractivity contribution in [1.82, 2.24) is 0 Å². The first-order valence-corrected chi connectivity index (χ1v) is 4.59. The topological polar surface area (TPSA) is 242 Å². The molecule has 0 atom stereocenters. The Kier molecular flexibility index (Phi) is 24.4. The number of carbonyl (C=O) groups excluding carboxylic acids is 2. The van der Waals surface area contributed by atoms with Gasteiger partial charge in [-0.05, 0) is 0 Å². The number of quaternary nitrogens is 2. The smallest absolute Gasteiger partial charge is 0.309 e. The lowest BCUT2D eigenvalue weighted by Gasteiger charge is -1.91. The second-order valence-corrected chi connectivity index (χ2v) is 2.59. The number of rotatable bonds is 5. The minimum absolute atomic E-state index is 0. The maximum absolute atomic E-state index is 9.39. The molecule has 0 saturated heterocycles. The minimum Gasteiger partial charge on any atom is -0.550 e. The maximum Gasteiger partial charge on any atom is 0.309 e. The molecule has 114 valence electrons. The molecule has 0 bridgehead atoms. The molecule has 11 heteroatoms. The summed E-state index contributed by atoms with van der Waals surface area (Å²) in [5, 5.41) is 34.0. The summed E-state index contributed by atoms with van der Waals surface area (Å²) in [4.78, 5) is 37.4. The van der Waals surface area contributed by atoms with Crippen LogP contribution in [0.2, 0.25) is 0 Å². The Bertz CT molecular complexity index is 227. The lowest BCUT2D eigenvalue weighted by molar-refractivity contribution is -0.453. The molecule has 11 nitrogen and oxygen atoms in total. The monoisotopic (exact) mass is 286 g/mol. The number of carboxylic acid groups (broad SMARTS) is 4. The van der Waals surface area contributed by atoms with E-state index in [4.69, 9.17) is 10.2 Å². The third kappa shape index (κ3) is 65.3. The fourth-order valence-electron chi connectivity index (χ4n) is 0.247. The minimum atomic E-state index is -1.56. The average Bonchev–Trinajstić information content (AvgIpc) is 2.14. The van der Waals surface area contributed by atoms with Crippen molar-refractivity contribution >= 4 is 23.9 Å². The van der Waals surface area contributed by atoms with E-state index >= 15 is 0 Å². The zero-order valence-electron chi connectivity index (χ0n) is 10.1. The van der Waals surface area contributed by atoms with Crippen LogP contribution < -0.4 is 21.7 Å². The summed E-state index contributed by atoms with van der Waals surface area (Å²) >= 11 is 0. The fourth-order valence-corrected chi connectivity index (χ4v) is 0.247. The van der Waals surface area contributed by atoms with Crippen LogP contribution in [0, 0.1) is 0 Å². The van der Waals surface area contributed by atoms with Crippen LogP contribution in [0.25, 0.3) is 0 Å². The van der Waals surface area contributed by atoms with E-state index in [1.807, 2.05) is 0 Å². The van der Waals surface area contributed by atoms with Gasteiger partial charge in [0.2, 0.25) is 0 Å². The molecule has 0 rings (SSSR count). The molecule has 0 aromatic carbocycles. The van der Waals surface area contributed by atoms with Gasteiger partial charge in [-0.2, -0.15) is 0 Å². The van der Waals surface area contributed by atoms with Gasteiger partial charge in [0.25, 0.3) is 0 Å². The number of carbonyl (C=O) groups is 4. The highest BCUT2D eigenvalue weighted by atomic mass is 16.4. The van der Waals surface area contributed by atoms with Crippen molar-refractivity contribution in [2.75, 3.05) is 13.1 Å². The molecule has 10 N–H and O–H groups in total. The molecule has 0 aliphatic carbocycles. The van der Waals surface area contributed by atoms with Crippen molar-refractivity contribution in [2.45, 2.75) is 12.8 Å². The summed E-state index contributed by atoms with van der Waals surface area (Å²) in [6, 6.07) is 0. The predicted octanol–water partition coefficient (Wildman–Crippen LogP) is -6.93. The van der Waals surface area contributed by atoms with E-state index in [2.05, 4.69) is 11.5 Å². The summed E-state index contributed by atoms with van der Waals surface area (Å²) in [7, 11) is 0. The van der Waals surface area contributed by atoms with E-state index in [1.54, 1.807) is 0 Å². The Morgan fingerprint density at radius 2 is 1.00 bits per heavy atom. The first-order valence-electron chi connectivity index (χ1n) is 4.59. The van der Waals surface area contributed by atoms with Crippen molar-refractivity contribution in [1.29, 1.82) is 0 Å². The molecule has 0 spiro atoms. The van der Waals surface area contributed by atoms with Gasteiger partial charge < -0.3 is 47.0 Å². The van der Waals surface area contributed by atoms with Crippen LogP contribution in [0.5, 0.6) is 0 Å². The van der Waals surface area contributed by atoms with Crippen molar-refractivity contribution in [3.05, 3.63) is 0 Å². The summed E-state index contributed by atoms with van der Waals surface area (Å²) in [6.07, 6.45) is -1.83. The van der Waals surface area contributed by atoms with Gasteiger partial charge in [0.15, 0.2) is 0 Å². The van der Waals surface area contributed by atoms with E-state index in [1.165, 1.54) is 0 Å². The highest BCUT2D eigenvalue weighted by molar-refractivity contribution is 5.88. The molecule has 0 fully saturated rings. The normalized spacial score (nSPS) is 7.47. The molecule has 19 heavy (non-hydrogen) atoms. The molecule has 0 radical (unpaired) electrons. The first-order chi connectivity index (χ1) is 8.17. The van der Waals surface area contributed by atoms with Gasteiger partial charge in [0, 0.05) is 0 Å². The number of hydrogen-bond donors (Lipinski definition) is 4. The Hall–Kier alpha value is -2.24. The molecule has 0 aliphatic heterocycles. The lowest BCUT2D eigenvalue weighted by atomic mass is 10.5. The third-order valence-electron chi connectivity index (χ3n) is 0.841. The third-order valence-corrected chi connectivity index (χ3v) is 0.841. The van der Waals surface area contributed by atoms with Crippen LogP contribution in [0.1, 0.15) is 12.8 Å². The molecule has 0 aliphatic rings. The molecule has 0 unspecified atom stereocenters. The quantitative estimate of drug-likeness (QED) is 0.352.